The predicted octanol–water partition coefficient (Wildman–Crippen LogP) is 4.13. The van der Waals surface area contributed by atoms with Crippen molar-refractivity contribution in [1.29, 1.82) is 0 Å². The van der Waals surface area contributed by atoms with Gasteiger partial charge < -0.3 is 9.47 Å². The molecule has 0 aliphatic carbocycles. The fourth-order valence-electron chi connectivity index (χ4n) is 3.29. The molecule has 3 rings (SSSR count). The number of rotatable bonds is 2. The first-order chi connectivity index (χ1) is 9.67. The molecule has 0 amide bonds. The SMILES string of the molecule is Cc1ccc(OC2CCOC3(CCSCC3)C2)c(C)c1. The first-order valence-corrected chi connectivity index (χ1v) is 8.78. The van der Waals surface area contributed by atoms with Gasteiger partial charge in [0.05, 0.1) is 12.2 Å². The second-order valence-corrected chi connectivity index (χ2v) is 7.37. The zero-order valence-corrected chi connectivity index (χ0v) is 13.3. The zero-order valence-electron chi connectivity index (χ0n) is 12.5. The molecule has 2 aliphatic rings. The highest BCUT2D eigenvalue weighted by Gasteiger charge is 2.39. The predicted molar refractivity (Wildman–Crippen MR) is 84.8 cm³/mol. The maximum absolute atomic E-state index is 6.28. The Labute approximate surface area is 126 Å². The molecule has 0 saturated carbocycles. The van der Waals surface area contributed by atoms with Crippen molar-refractivity contribution in [2.45, 2.75) is 51.2 Å². The molecular weight excluding hydrogens is 268 g/mol. The third-order valence-electron chi connectivity index (χ3n) is 4.48. The average Bonchev–Trinajstić information content (AvgIpc) is 2.43. The molecule has 1 aromatic rings. The summed E-state index contributed by atoms with van der Waals surface area (Å²) < 4.78 is 12.4. The Bertz CT molecular complexity index is 461. The van der Waals surface area contributed by atoms with Crippen LogP contribution in [0.15, 0.2) is 18.2 Å². The molecular formula is C17H24O2S. The summed E-state index contributed by atoms with van der Waals surface area (Å²) in [5.41, 5.74) is 2.64. The second kappa shape index (κ2) is 5.98. The largest absolute Gasteiger partial charge is 0.490 e. The van der Waals surface area contributed by atoms with E-state index in [0.717, 1.165) is 25.2 Å². The summed E-state index contributed by atoms with van der Waals surface area (Å²) in [5.74, 6) is 3.51. The van der Waals surface area contributed by atoms with Crippen molar-refractivity contribution in [3.8, 4) is 5.75 Å². The zero-order chi connectivity index (χ0) is 14.0. The molecule has 1 atom stereocenters. The topological polar surface area (TPSA) is 18.5 Å². The summed E-state index contributed by atoms with van der Waals surface area (Å²) in [6, 6.07) is 6.44. The molecule has 2 fully saturated rings. The van der Waals surface area contributed by atoms with Crippen LogP contribution in [0.1, 0.15) is 36.8 Å². The standard InChI is InChI=1S/C17H24O2S/c1-13-3-4-16(14(2)11-13)19-15-5-8-18-17(12-15)6-9-20-10-7-17/h3-4,11,15H,5-10,12H2,1-2H3. The Balaban J connectivity index is 1.68. The summed E-state index contributed by atoms with van der Waals surface area (Å²) in [4.78, 5) is 0. The number of thioether (sulfide) groups is 1. The maximum atomic E-state index is 6.28. The third kappa shape index (κ3) is 3.15. The van der Waals surface area contributed by atoms with E-state index in [9.17, 15) is 0 Å². The van der Waals surface area contributed by atoms with Crippen LogP contribution in [0.5, 0.6) is 5.75 Å². The van der Waals surface area contributed by atoms with Gasteiger partial charge in [0, 0.05) is 12.8 Å². The van der Waals surface area contributed by atoms with Crippen LogP contribution < -0.4 is 4.74 Å². The van der Waals surface area contributed by atoms with Crippen LogP contribution in [0.25, 0.3) is 0 Å². The van der Waals surface area contributed by atoms with Crippen molar-refractivity contribution < 1.29 is 9.47 Å². The molecule has 110 valence electrons. The van der Waals surface area contributed by atoms with Crippen molar-refractivity contribution in [3.05, 3.63) is 29.3 Å². The van der Waals surface area contributed by atoms with Crippen LogP contribution in [0.4, 0.5) is 0 Å². The van der Waals surface area contributed by atoms with Crippen molar-refractivity contribution in [2.24, 2.45) is 0 Å². The minimum atomic E-state index is 0.104. The summed E-state index contributed by atoms with van der Waals surface area (Å²) in [6.45, 7) is 5.11. The smallest absolute Gasteiger partial charge is 0.122 e. The van der Waals surface area contributed by atoms with E-state index in [1.165, 1.54) is 35.5 Å². The molecule has 0 aromatic heterocycles. The Morgan fingerprint density at radius 2 is 2.05 bits per heavy atom. The summed E-state index contributed by atoms with van der Waals surface area (Å²) >= 11 is 2.05. The summed E-state index contributed by atoms with van der Waals surface area (Å²) in [6.07, 6.45) is 4.76. The number of hydrogen-bond donors (Lipinski definition) is 0. The second-order valence-electron chi connectivity index (χ2n) is 6.15. The minimum absolute atomic E-state index is 0.104. The molecule has 1 spiro atoms. The molecule has 0 N–H and O–H groups in total. The van der Waals surface area contributed by atoms with Crippen molar-refractivity contribution in [2.75, 3.05) is 18.1 Å². The first kappa shape index (κ1) is 14.3. The van der Waals surface area contributed by atoms with Crippen LogP contribution >= 0.6 is 11.8 Å². The quantitative estimate of drug-likeness (QED) is 0.816. The highest BCUT2D eigenvalue weighted by molar-refractivity contribution is 7.99. The summed E-state index contributed by atoms with van der Waals surface area (Å²) in [5, 5.41) is 0. The van der Waals surface area contributed by atoms with Gasteiger partial charge in [-0.2, -0.15) is 11.8 Å². The van der Waals surface area contributed by atoms with E-state index < -0.39 is 0 Å². The molecule has 2 nitrogen and oxygen atoms in total. The van der Waals surface area contributed by atoms with E-state index in [4.69, 9.17) is 9.47 Å². The lowest BCUT2D eigenvalue weighted by molar-refractivity contribution is -0.116. The molecule has 1 aromatic carbocycles. The Morgan fingerprint density at radius 3 is 2.80 bits per heavy atom. The van der Waals surface area contributed by atoms with Gasteiger partial charge in [0.15, 0.2) is 0 Å². The van der Waals surface area contributed by atoms with Gasteiger partial charge in [0.1, 0.15) is 11.9 Å². The molecule has 2 saturated heterocycles. The van der Waals surface area contributed by atoms with E-state index in [-0.39, 0.29) is 5.60 Å². The van der Waals surface area contributed by atoms with Gasteiger partial charge >= 0.3 is 0 Å². The lowest BCUT2D eigenvalue weighted by atomic mass is 9.86. The molecule has 20 heavy (non-hydrogen) atoms. The number of benzene rings is 1. The molecule has 1 unspecified atom stereocenters. The van der Waals surface area contributed by atoms with Gasteiger partial charge in [-0.3, -0.25) is 0 Å². The van der Waals surface area contributed by atoms with E-state index in [2.05, 4.69) is 43.8 Å². The van der Waals surface area contributed by atoms with Gasteiger partial charge in [-0.05, 0) is 49.8 Å². The molecule has 2 heterocycles. The van der Waals surface area contributed by atoms with Gasteiger partial charge in [-0.1, -0.05) is 17.7 Å². The van der Waals surface area contributed by atoms with Crippen molar-refractivity contribution >= 4 is 11.8 Å². The lowest BCUT2D eigenvalue weighted by Crippen LogP contribution is -2.46. The van der Waals surface area contributed by atoms with Crippen molar-refractivity contribution in [3.63, 3.8) is 0 Å². The average molecular weight is 292 g/mol. The number of hydrogen-bond acceptors (Lipinski definition) is 3. The van der Waals surface area contributed by atoms with Gasteiger partial charge in [-0.25, -0.2) is 0 Å². The fraction of sp³-hybridized carbons (Fsp3) is 0.647. The highest BCUT2D eigenvalue weighted by Crippen LogP contribution is 2.38. The van der Waals surface area contributed by atoms with E-state index in [0.29, 0.717) is 6.10 Å². The Kier molecular flexibility index (Phi) is 4.27. The number of ether oxygens (including phenoxy) is 2. The molecule has 3 heteroatoms. The summed E-state index contributed by atoms with van der Waals surface area (Å²) in [7, 11) is 0. The first-order valence-electron chi connectivity index (χ1n) is 7.63. The fourth-order valence-corrected chi connectivity index (χ4v) is 4.52. The van der Waals surface area contributed by atoms with E-state index in [1.54, 1.807) is 0 Å². The minimum Gasteiger partial charge on any atom is -0.490 e. The van der Waals surface area contributed by atoms with Crippen LogP contribution in [0.3, 0.4) is 0 Å². The Morgan fingerprint density at radius 1 is 1.25 bits per heavy atom. The van der Waals surface area contributed by atoms with Crippen LogP contribution in [-0.2, 0) is 4.74 Å². The number of aryl methyl sites for hydroxylation is 2. The lowest BCUT2D eigenvalue weighted by Gasteiger charge is -2.43. The molecule has 0 radical (unpaired) electrons. The Hall–Kier alpha value is -0.670. The van der Waals surface area contributed by atoms with Gasteiger partial charge in [0.25, 0.3) is 0 Å². The van der Waals surface area contributed by atoms with Crippen molar-refractivity contribution in [1.82, 2.24) is 0 Å². The van der Waals surface area contributed by atoms with E-state index >= 15 is 0 Å². The highest BCUT2D eigenvalue weighted by atomic mass is 32.2. The van der Waals surface area contributed by atoms with Gasteiger partial charge in [0.2, 0.25) is 0 Å². The van der Waals surface area contributed by atoms with Crippen LogP contribution in [0, 0.1) is 13.8 Å². The monoisotopic (exact) mass is 292 g/mol. The van der Waals surface area contributed by atoms with Crippen LogP contribution in [-0.4, -0.2) is 29.8 Å². The van der Waals surface area contributed by atoms with Crippen LogP contribution in [0.2, 0.25) is 0 Å². The van der Waals surface area contributed by atoms with E-state index in [1.807, 2.05) is 0 Å². The third-order valence-corrected chi connectivity index (χ3v) is 5.46. The van der Waals surface area contributed by atoms with Gasteiger partial charge in [-0.15, -0.1) is 0 Å². The maximum Gasteiger partial charge on any atom is 0.122 e. The normalized spacial score (nSPS) is 25.6. The molecule has 2 aliphatic heterocycles. The molecule has 0 bridgehead atoms.